The Kier molecular flexibility index (Phi) is 4.50. The maximum Gasteiger partial charge on any atom is 0.411 e. The van der Waals surface area contributed by atoms with Gasteiger partial charge in [0.2, 0.25) is 0 Å². The van der Waals surface area contributed by atoms with Crippen molar-refractivity contribution in [3.63, 3.8) is 0 Å². The van der Waals surface area contributed by atoms with Gasteiger partial charge >= 0.3 is 6.09 Å². The number of rotatable bonds is 1. The quantitative estimate of drug-likeness (QED) is 0.617. The van der Waals surface area contributed by atoms with Crippen LogP contribution >= 0.6 is 0 Å². The molecule has 144 valence electrons. The highest BCUT2D eigenvalue weighted by molar-refractivity contribution is 5.89. The second-order valence-electron chi connectivity index (χ2n) is 8.25. The van der Waals surface area contributed by atoms with Crippen molar-refractivity contribution >= 4 is 16.9 Å². The van der Waals surface area contributed by atoms with Gasteiger partial charge in [-0.05, 0) is 43.7 Å². The molecule has 1 unspecified atom stereocenters. The van der Waals surface area contributed by atoms with E-state index < -0.39 is 5.60 Å². The van der Waals surface area contributed by atoms with Crippen LogP contribution in [-0.4, -0.2) is 28.2 Å². The fourth-order valence-electron chi connectivity index (χ4n) is 3.91. The lowest BCUT2D eigenvalue weighted by Gasteiger charge is -2.38. The van der Waals surface area contributed by atoms with E-state index in [9.17, 15) is 9.90 Å². The number of phenols is 1. The summed E-state index contributed by atoms with van der Waals surface area (Å²) in [5, 5.41) is 12.8. The first-order chi connectivity index (χ1) is 13.3. The molecule has 0 fully saturated rings. The number of carbonyl (C=O) groups excluding carboxylic acids is 1. The predicted molar refractivity (Wildman–Crippen MR) is 111 cm³/mol. The summed E-state index contributed by atoms with van der Waals surface area (Å²) in [4.78, 5) is 14.7. The van der Waals surface area contributed by atoms with E-state index in [1.54, 1.807) is 4.90 Å². The Hall–Kier alpha value is -3.01. The number of nitrogens with zero attached hydrogens (tertiary/aromatic N) is 1. The molecule has 3 aromatic carbocycles. The van der Waals surface area contributed by atoms with Gasteiger partial charge in [0, 0.05) is 17.5 Å². The summed E-state index contributed by atoms with van der Waals surface area (Å²) >= 11 is 0. The van der Waals surface area contributed by atoms with Gasteiger partial charge in [-0.15, -0.1) is 0 Å². The van der Waals surface area contributed by atoms with Gasteiger partial charge in [0.05, 0.1) is 6.04 Å². The standard InChI is InChI=1S/C24H25NO3/c1-24(2,3)28-23(27)25-15-14-17-9-4-6-10-18(17)21(25)20-13-12-16-8-5-7-11-19(16)22(20)26/h4-13,21,26H,14-15H2,1-3H3. The summed E-state index contributed by atoms with van der Waals surface area (Å²) < 4.78 is 5.68. The molecular formula is C24H25NO3. The van der Waals surface area contributed by atoms with Crippen molar-refractivity contribution < 1.29 is 14.6 Å². The molecule has 1 heterocycles. The summed E-state index contributed by atoms with van der Waals surface area (Å²) in [5.74, 6) is 0.216. The van der Waals surface area contributed by atoms with Crippen LogP contribution in [0.15, 0.2) is 60.7 Å². The zero-order valence-electron chi connectivity index (χ0n) is 16.5. The number of phenolic OH excluding ortho intramolecular Hbond substituents is 1. The average Bonchev–Trinajstić information content (AvgIpc) is 2.66. The number of aromatic hydroxyl groups is 1. The Balaban J connectivity index is 1.86. The Labute approximate surface area is 165 Å². The van der Waals surface area contributed by atoms with Crippen molar-refractivity contribution in [2.75, 3.05) is 6.54 Å². The van der Waals surface area contributed by atoms with E-state index in [1.165, 1.54) is 5.56 Å². The number of fused-ring (bicyclic) bond motifs is 2. The molecule has 1 amide bonds. The highest BCUT2D eigenvalue weighted by atomic mass is 16.6. The predicted octanol–water partition coefficient (Wildman–Crippen LogP) is 5.43. The molecule has 1 N–H and O–H groups in total. The van der Waals surface area contributed by atoms with Crippen molar-refractivity contribution in [3.8, 4) is 5.75 Å². The number of benzene rings is 3. The van der Waals surface area contributed by atoms with Crippen LogP contribution in [0.2, 0.25) is 0 Å². The molecule has 4 rings (SSSR count). The molecule has 1 atom stereocenters. The van der Waals surface area contributed by atoms with Gasteiger partial charge in [0.25, 0.3) is 0 Å². The first-order valence-electron chi connectivity index (χ1n) is 9.63. The van der Waals surface area contributed by atoms with Crippen LogP contribution in [0.1, 0.15) is 43.5 Å². The molecule has 3 aromatic rings. The summed E-state index contributed by atoms with van der Waals surface area (Å²) in [6.45, 7) is 6.14. The summed E-state index contributed by atoms with van der Waals surface area (Å²) in [7, 11) is 0. The summed E-state index contributed by atoms with van der Waals surface area (Å²) in [6, 6.07) is 19.4. The third-order valence-electron chi connectivity index (χ3n) is 5.14. The number of hydrogen-bond acceptors (Lipinski definition) is 3. The van der Waals surface area contributed by atoms with E-state index in [1.807, 2.05) is 75.4 Å². The minimum atomic E-state index is -0.579. The SMILES string of the molecule is CC(C)(C)OC(=O)N1CCc2ccccc2C1c1ccc2ccccc2c1O. The van der Waals surface area contributed by atoms with E-state index in [4.69, 9.17) is 4.74 Å². The molecule has 1 aliphatic heterocycles. The van der Waals surface area contributed by atoms with Gasteiger partial charge in [0.15, 0.2) is 0 Å². The van der Waals surface area contributed by atoms with Gasteiger partial charge < -0.3 is 9.84 Å². The maximum atomic E-state index is 13.0. The van der Waals surface area contributed by atoms with E-state index in [2.05, 4.69) is 6.07 Å². The zero-order chi connectivity index (χ0) is 19.9. The van der Waals surface area contributed by atoms with Crippen molar-refractivity contribution in [2.24, 2.45) is 0 Å². The first kappa shape index (κ1) is 18.4. The Morgan fingerprint density at radius 2 is 1.71 bits per heavy atom. The number of hydrogen-bond donors (Lipinski definition) is 1. The van der Waals surface area contributed by atoms with Gasteiger partial charge in [-0.25, -0.2) is 4.79 Å². The lowest BCUT2D eigenvalue weighted by atomic mass is 9.87. The van der Waals surface area contributed by atoms with Crippen LogP contribution in [0.25, 0.3) is 10.8 Å². The molecule has 0 spiro atoms. The van der Waals surface area contributed by atoms with Crippen molar-refractivity contribution in [1.29, 1.82) is 0 Å². The highest BCUT2D eigenvalue weighted by Crippen LogP contribution is 2.42. The lowest BCUT2D eigenvalue weighted by Crippen LogP contribution is -2.43. The van der Waals surface area contributed by atoms with Gasteiger partial charge in [-0.1, -0.05) is 60.7 Å². The molecule has 4 heteroatoms. The van der Waals surface area contributed by atoms with Gasteiger partial charge in [-0.3, -0.25) is 4.90 Å². The van der Waals surface area contributed by atoms with Gasteiger partial charge in [-0.2, -0.15) is 0 Å². The molecule has 0 saturated carbocycles. The number of ether oxygens (including phenoxy) is 1. The van der Waals surface area contributed by atoms with Crippen LogP contribution in [0.3, 0.4) is 0 Å². The van der Waals surface area contributed by atoms with Gasteiger partial charge in [0.1, 0.15) is 11.4 Å². The minimum Gasteiger partial charge on any atom is -0.507 e. The lowest BCUT2D eigenvalue weighted by molar-refractivity contribution is 0.0177. The van der Waals surface area contributed by atoms with Crippen LogP contribution in [0.4, 0.5) is 4.79 Å². The van der Waals surface area contributed by atoms with Crippen LogP contribution < -0.4 is 0 Å². The van der Waals surface area contributed by atoms with Crippen LogP contribution in [0.5, 0.6) is 5.75 Å². The number of amides is 1. The van der Waals surface area contributed by atoms with E-state index in [0.29, 0.717) is 6.54 Å². The van der Waals surface area contributed by atoms with Crippen molar-refractivity contribution in [1.82, 2.24) is 4.90 Å². The third-order valence-corrected chi connectivity index (χ3v) is 5.14. The van der Waals surface area contributed by atoms with E-state index >= 15 is 0 Å². The molecule has 0 saturated heterocycles. The summed E-state index contributed by atoms with van der Waals surface area (Å²) in [5.41, 5.74) is 2.37. The van der Waals surface area contributed by atoms with E-state index in [0.717, 1.165) is 28.3 Å². The molecule has 1 aliphatic rings. The second kappa shape index (κ2) is 6.86. The van der Waals surface area contributed by atoms with Crippen molar-refractivity contribution in [3.05, 3.63) is 77.4 Å². The average molecular weight is 375 g/mol. The number of carbonyl (C=O) groups is 1. The summed E-state index contributed by atoms with van der Waals surface area (Å²) in [6.07, 6.45) is 0.403. The Bertz CT molecular complexity index is 1040. The minimum absolute atomic E-state index is 0.216. The molecular weight excluding hydrogens is 350 g/mol. The maximum absolute atomic E-state index is 13.0. The third kappa shape index (κ3) is 3.31. The fraction of sp³-hybridized carbons (Fsp3) is 0.292. The molecule has 0 aromatic heterocycles. The van der Waals surface area contributed by atoms with E-state index in [-0.39, 0.29) is 17.9 Å². The largest absolute Gasteiger partial charge is 0.507 e. The molecule has 28 heavy (non-hydrogen) atoms. The molecule has 0 aliphatic carbocycles. The molecule has 4 nitrogen and oxygen atoms in total. The first-order valence-corrected chi connectivity index (χ1v) is 9.63. The Morgan fingerprint density at radius 1 is 1.00 bits per heavy atom. The van der Waals surface area contributed by atoms with Crippen LogP contribution in [-0.2, 0) is 11.2 Å². The fourth-order valence-corrected chi connectivity index (χ4v) is 3.91. The molecule has 0 radical (unpaired) electrons. The zero-order valence-corrected chi connectivity index (χ0v) is 16.5. The smallest absolute Gasteiger partial charge is 0.411 e. The van der Waals surface area contributed by atoms with Crippen molar-refractivity contribution in [2.45, 2.75) is 38.8 Å². The normalized spacial score (nSPS) is 16.7. The Morgan fingerprint density at radius 3 is 2.50 bits per heavy atom. The topological polar surface area (TPSA) is 49.8 Å². The highest BCUT2D eigenvalue weighted by Gasteiger charge is 2.36. The van der Waals surface area contributed by atoms with Crippen LogP contribution in [0, 0.1) is 0 Å². The second-order valence-corrected chi connectivity index (χ2v) is 8.25. The molecule has 0 bridgehead atoms. The monoisotopic (exact) mass is 375 g/mol.